The van der Waals surface area contributed by atoms with Gasteiger partial charge in [0.05, 0.1) is 13.2 Å². The van der Waals surface area contributed by atoms with Crippen molar-refractivity contribution in [1.29, 1.82) is 0 Å². The zero-order chi connectivity index (χ0) is 13.4. The number of ketones is 1. The van der Waals surface area contributed by atoms with Gasteiger partial charge in [-0.25, -0.2) is 4.79 Å². The SMILES string of the molecule is COC(=O)C(=O)C[C@H]1O[C@@H]2OCO[C@@H]2[C@H]2OCO[C@H]21. The van der Waals surface area contributed by atoms with Gasteiger partial charge >= 0.3 is 5.97 Å². The van der Waals surface area contributed by atoms with E-state index in [1.165, 1.54) is 0 Å². The number of Topliss-reactive ketones (excluding diaryl/α,β-unsaturated/α-hetero) is 1. The first-order chi connectivity index (χ1) is 9.20. The molecular weight excluding hydrogens is 260 g/mol. The Balaban J connectivity index is 1.71. The highest BCUT2D eigenvalue weighted by Gasteiger charge is 2.54. The average molecular weight is 274 g/mol. The van der Waals surface area contributed by atoms with Gasteiger partial charge in [0.25, 0.3) is 0 Å². The summed E-state index contributed by atoms with van der Waals surface area (Å²) in [5, 5.41) is 0. The van der Waals surface area contributed by atoms with Gasteiger partial charge in [0.15, 0.2) is 13.1 Å². The molecule has 3 saturated heterocycles. The molecule has 8 heteroatoms. The minimum atomic E-state index is -0.898. The van der Waals surface area contributed by atoms with E-state index in [1.807, 2.05) is 0 Å². The molecule has 0 amide bonds. The van der Waals surface area contributed by atoms with Crippen molar-refractivity contribution >= 4 is 11.8 Å². The average Bonchev–Trinajstić information content (AvgIpc) is 3.04. The molecule has 0 radical (unpaired) electrons. The van der Waals surface area contributed by atoms with Crippen molar-refractivity contribution < 1.29 is 38.0 Å². The molecule has 106 valence electrons. The van der Waals surface area contributed by atoms with Crippen LogP contribution in [0.5, 0.6) is 0 Å². The lowest BCUT2D eigenvalue weighted by Crippen LogP contribution is -2.55. The van der Waals surface area contributed by atoms with E-state index in [4.69, 9.17) is 23.7 Å². The largest absolute Gasteiger partial charge is 0.463 e. The van der Waals surface area contributed by atoms with Crippen molar-refractivity contribution in [2.24, 2.45) is 0 Å². The molecule has 0 aromatic rings. The quantitative estimate of drug-likeness (QED) is 0.476. The Morgan fingerprint density at radius 1 is 1.05 bits per heavy atom. The molecule has 3 fully saturated rings. The number of carbonyl (C=O) groups is 2. The smallest absolute Gasteiger partial charge is 0.374 e. The molecule has 0 aromatic carbocycles. The minimum Gasteiger partial charge on any atom is -0.463 e. The summed E-state index contributed by atoms with van der Waals surface area (Å²) < 4.78 is 31.4. The van der Waals surface area contributed by atoms with E-state index in [2.05, 4.69) is 4.74 Å². The van der Waals surface area contributed by atoms with Gasteiger partial charge in [0.2, 0.25) is 5.78 Å². The Hall–Kier alpha value is -1.06. The molecule has 5 atom stereocenters. The fourth-order valence-corrected chi connectivity index (χ4v) is 2.51. The number of rotatable bonds is 3. The summed E-state index contributed by atoms with van der Waals surface area (Å²) in [7, 11) is 1.16. The van der Waals surface area contributed by atoms with Crippen LogP contribution >= 0.6 is 0 Å². The van der Waals surface area contributed by atoms with Crippen molar-refractivity contribution in [3.05, 3.63) is 0 Å². The summed E-state index contributed by atoms with van der Waals surface area (Å²) in [5.41, 5.74) is 0. The molecule has 0 aliphatic carbocycles. The van der Waals surface area contributed by atoms with Crippen molar-refractivity contribution in [2.45, 2.75) is 37.1 Å². The van der Waals surface area contributed by atoms with Gasteiger partial charge in [-0.1, -0.05) is 0 Å². The Kier molecular flexibility index (Phi) is 3.50. The van der Waals surface area contributed by atoms with Crippen molar-refractivity contribution in [2.75, 3.05) is 20.7 Å². The Morgan fingerprint density at radius 2 is 1.74 bits per heavy atom. The zero-order valence-electron chi connectivity index (χ0n) is 10.3. The second-order valence-electron chi connectivity index (χ2n) is 4.46. The third-order valence-corrected chi connectivity index (χ3v) is 3.40. The third-order valence-electron chi connectivity index (χ3n) is 3.40. The minimum absolute atomic E-state index is 0.105. The summed E-state index contributed by atoms with van der Waals surface area (Å²) in [6, 6.07) is 0. The standard InChI is InChI=1S/C11H14O8/c1-14-10(13)5(12)2-6-7-8(16-3-15-7)9-11(19-6)18-4-17-9/h6-9,11H,2-4H2,1H3/t6-,7+,8+,9-,11+/m1/s1. The Labute approximate surface area is 108 Å². The van der Waals surface area contributed by atoms with E-state index >= 15 is 0 Å². The van der Waals surface area contributed by atoms with E-state index in [9.17, 15) is 9.59 Å². The maximum absolute atomic E-state index is 11.6. The van der Waals surface area contributed by atoms with Crippen molar-refractivity contribution in [1.82, 2.24) is 0 Å². The highest BCUT2D eigenvalue weighted by Crippen LogP contribution is 2.35. The lowest BCUT2D eigenvalue weighted by atomic mass is 9.95. The van der Waals surface area contributed by atoms with Crippen LogP contribution < -0.4 is 0 Å². The molecule has 0 aromatic heterocycles. The van der Waals surface area contributed by atoms with Gasteiger partial charge in [-0.2, -0.15) is 0 Å². The van der Waals surface area contributed by atoms with Gasteiger partial charge in [-0.3, -0.25) is 4.79 Å². The first-order valence-electron chi connectivity index (χ1n) is 5.93. The number of methoxy groups -OCH3 is 1. The monoisotopic (exact) mass is 274 g/mol. The van der Waals surface area contributed by atoms with Gasteiger partial charge in [0.1, 0.15) is 25.1 Å². The van der Waals surface area contributed by atoms with Gasteiger partial charge in [0, 0.05) is 6.42 Å². The van der Waals surface area contributed by atoms with E-state index < -0.39 is 30.3 Å². The van der Waals surface area contributed by atoms with Gasteiger partial charge in [-0.15, -0.1) is 0 Å². The summed E-state index contributed by atoms with van der Waals surface area (Å²) >= 11 is 0. The fourth-order valence-electron chi connectivity index (χ4n) is 2.51. The number of ether oxygens (including phenoxy) is 6. The third kappa shape index (κ3) is 2.26. The Morgan fingerprint density at radius 3 is 2.53 bits per heavy atom. The molecule has 8 nitrogen and oxygen atoms in total. The Bertz CT molecular complexity index is 383. The zero-order valence-corrected chi connectivity index (χ0v) is 10.3. The first-order valence-corrected chi connectivity index (χ1v) is 5.93. The van der Waals surface area contributed by atoms with Crippen LogP contribution in [0.25, 0.3) is 0 Å². The lowest BCUT2D eigenvalue weighted by molar-refractivity contribution is -0.220. The normalized spacial score (nSPS) is 40.6. The second-order valence-corrected chi connectivity index (χ2v) is 4.46. The summed E-state index contributed by atoms with van der Waals surface area (Å²) in [6.45, 7) is 0.216. The van der Waals surface area contributed by atoms with Crippen LogP contribution in [0.3, 0.4) is 0 Å². The van der Waals surface area contributed by atoms with Gasteiger partial charge in [-0.05, 0) is 0 Å². The molecule has 0 bridgehead atoms. The summed E-state index contributed by atoms with van der Waals surface area (Å²) in [6.07, 6.45) is -2.50. The number of hydrogen-bond acceptors (Lipinski definition) is 8. The maximum atomic E-state index is 11.6. The predicted octanol–water partition coefficient (Wildman–Crippen LogP) is -1.04. The highest BCUT2D eigenvalue weighted by molar-refractivity contribution is 6.33. The van der Waals surface area contributed by atoms with Crippen LogP contribution in [0.1, 0.15) is 6.42 Å². The number of carbonyl (C=O) groups excluding carboxylic acids is 2. The van der Waals surface area contributed by atoms with Crippen molar-refractivity contribution in [3.8, 4) is 0 Å². The first kappa shape index (κ1) is 12.9. The van der Waals surface area contributed by atoms with Crippen LogP contribution in [-0.2, 0) is 38.0 Å². The molecule has 0 saturated carbocycles. The second kappa shape index (κ2) is 5.14. The molecule has 0 N–H and O–H groups in total. The molecule has 3 aliphatic rings. The predicted molar refractivity (Wildman–Crippen MR) is 55.7 cm³/mol. The topological polar surface area (TPSA) is 89.5 Å². The van der Waals surface area contributed by atoms with Gasteiger partial charge < -0.3 is 28.4 Å². The molecule has 3 rings (SSSR count). The number of fused-ring (bicyclic) bond motifs is 3. The maximum Gasteiger partial charge on any atom is 0.374 e. The van der Waals surface area contributed by atoms with E-state index in [0.29, 0.717) is 0 Å². The van der Waals surface area contributed by atoms with Crippen LogP contribution in [-0.4, -0.2) is 63.2 Å². The summed E-state index contributed by atoms with van der Waals surface area (Å²) in [5.74, 6) is -1.57. The number of hydrogen-bond donors (Lipinski definition) is 0. The summed E-state index contributed by atoms with van der Waals surface area (Å²) in [4.78, 5) is 22.8. The highest BCUT2D eigenvalue weighted by atomic mass is 16.8. The van der Waals surface area contributed by atoms with Crippen LogP contribution in [0.2, 0.25) is 0 Å². The van der Waals surface area contributed by atoms with Crippen LogP contribution in [0.4, 0.5) is 0 Å². The van der Waals surface area contributed by atoms with Crippen LogP contribution in [0.15, 0.2) is 0 Å². The van der Waals surface area contributed by atoms with Crippen molar-refractivity contribution in [3.63, 3.8) is 0 Å². The van der Waals surface area contributed by atoms with E-state index in [1.54, 1.807) is 0 Å². The lowest BCUT2D eigenvalue weighted by Gasteiger charge is -2.37. The molecule has 19 heavy (non-hydrogen) atoms. The molecular formula is C11H14O8. The molecule has 0 unspecified atom stereocenters. The van der Waals surface area contributed by atoms with Crippen LogP contribution in [0, 0.1) is 0 Å². The van der Waals surface area contributed by atoms with E-state index in [0.717, 1.165) is 7.11 Å². The number of esters is 1. The molecule has 3 heterocycles. The molecule has 0 spiro atoms. The fraction of sp³-hybridized carbons (Fsp3) is 0.818. The molecule has 3 aliphatic heterocycles. The van der Waals surface area contributed by atoms with E-state index in [-0.39, 0.29) is 32.2 Å².